The highest BCUT2D eigenvalue weighted by molar-refractivity contribution is 6.32. The number of nitriles is 1. The van der Waals surface area contributed by atoms with E-state index < -0.39 is 0 Å². The molecule has 0 radical (unpaired) electrons. The van der Waals surface area contributed by atoms with Gasteiger partial charge >= 0.3 is 0 Å². The van der Waals surface area contributed by atoms with Gasteiger partial charge in [-0.15, -0.1) is 0 Å². The molecule has 2 aromatic heterocycles. The fourth-order valence-electron chi connectivity index (χ4n) is 1.55. The lowest BCUT2D eigenvalue weighted by Gasteiger charge is -1.99. The van der Waals surface area contributed by atoms with E-state index in [1.165, 1.54) is 6.33 Å². The van der Waals surface area contributed by atoms with Crippen molar-refractivity contribution in [3.63, 3.8) is 0 Å². The minimum atomic E-state index is -0.287. The third kappa shape index (κ3) is 1.22. The highest BCUT2D eigenvalue weighted by Gasteiger charge is 2.17. The quantitative estimate of drug-likeness (QED) is 0.790. The maximum absolute atomic E-state index is 11.6. The molecule has 2 heterocycles. The minimum Gasteiger partial charge on any atom is -0.325 e. The standard InChI is InChI=1S/C9H7ClN4O/c1-2-14-7-6(5(3-11)8(14)10)12-4-13-9(7)15/h4H,2H2,1H3,(H,12,13,15). The fourth-order valence-corrected chi connectivity index (χ4v) is 1.89. The van der Waals surface area contributed by atoms with Gasteiger partial charge in [-0.1, -0.05) is 11.6 Å². The van der Waals surface area contributed by atoms with E-state index in [-0.39, 0.29) is 16.3 Å². The number of hydrogen-bond acceptors (Lipinski definition) is 3. The molecule has 5 nitrogen and oxygen atoms in total. The van der Waals surface area contributed by atoms with E-state index in [1.54, 1.807) is 4.57 Å². The normalized spacial score (nSPS) is 10.5. The number of H-pyrrole nitrogens is 1. The molecular formula is C9H7ClN4O. The number of halogens is 1. The van der Waals surface area contributed by atoms with Crippen LogP contribution in [-0.2, 0) is 6.54 Å². The van der Waals surface area contributed by atoms with E-state index >= 15 is 0 Å². The van der Waals surface area contributed by atoms with Crippen molar-refractivity contribution in [2.75, 3.05) is 0 Å². The lowest BCUT2D eigenvalue weighted by Crippen LogP contribution is -2.10. The lowest BCUT2D eigenvalue weighted by molar-refractivity contribution is 0.792. The van der Waals surface area contributed by atoms with Crippen molar-refractivity contribution < 1.29 is 0 Å². The molecule has 0 aromatic carbocycles. The molecule has 6 heteroatoms. The molecule has 0 spiro atoms. The second-order valence-corrected chi connectivity index (χ2v) is 3.31. The molecule has 0 bridgehead atoms. The molecule has 0 amide bonds. The fraction of sp³-hybridized carbons (Fsp3) is 0.222. The van der Waals surface area contributed by atoms with E-state index in [4.69, 9.17) is 16.9 Å². The number of aryl methyl sites for hydroxylation is 1. The molecule has 0 aliphatic carbocycles. The molecule has 0 unspecified atom stereocenters. The first-order valence-electron chi connectivity index (χ1n) is 4.36. The van der Waals surface area contributed by atoms with Crippen molar-refractivity contribution in [1.29, 1.82) is 5.26 Å². The second kappa shape index (κ2) is 3.41. The molecule has 0 atom stereocenters. The topological polar surface area (TPSA) is 74.5 Å². The smallest absolute Gasteiger partial charge is 0.275 e. The monoisotopic (exact) mass is 222 g/mol. The van der Waals surface area contributed by atoms with Gasteiger partial charge in [0.2, 0.25) is 0 Å². The summed E-state index contributed by atoms with van der Waals surface area (Å²) >= 11 is 5.97. The predicted molar refractivity (Wildman–Crippen MR) is 55.8 cm³/mol. The third-order valence-corrected chi connectivity index (χ3v) is 2.60. The van der Waals surface area contributed by atoms with Crippen molar-refractivity contribution in [2.45, 2.75) is 13.5 Å². The molecule has 76 valence electrons. The van der Waals surface area contributed by atoms with Gasteiger partial charge in [-0.25, -0.2) is 4.98 Å². The Balaban J connectivity index is 3.07. The summed E-state index contributed by atoms with van der Waals surface area (Å²) in [7, 11) is 0. The summed E-state index contributed by atoms with van der Waals surface area (Å²) in [4.78, 5) is 18.0. The second-order valence-electron chi connectivity index (χ2n) is 2.95. The summed E-state index contributed by atoms with van der Waals surface area (Å²) in [6.45, 7) is 2.37. The summed E-state index contributed by atoms with van der Waals surface area (Å²) in [5, 5.41) is 9.18. The number of nitrogens with zero attached hydrogens (tertiary/aromatic N) is 3. The van der Waals surface area contributed by atoms with Crippen LogP contribution in [-0.4, -0.2) is 14.5 Å². The van der Waals surface area contributed by atoms with E-state index in [2.05, 4.69) is 9.97 Å². The Morgan fingerprint density at radius 1 is 1.73 bits per heavy atom. The van der Waals surface area contributed by atoms with Crippen LogP contribution in [0.1, 0.15) is 12.5 Å². The van der Waals surface area contributed by atoms with Gasteiger partial charge in [0.1, 0.15) is 27.8 Å². The number of nitrogens with one attached hydrogen (secondary N) is 1. The zero-order valence-corrected chi connectivity index (χ0v) is 8.67. The van der Waals surface area contributed by atoms with Gasteiger partial charge < -0.3 is 9.55 Å². The molecule has 0 fully saturated rings. The number of hydrogen-bond donors (Lipinski definition) is 1. The molecule has 0 saturated heterocycles. The predicted octanol–water partition coefficient (Wildman–Crippen LogP) is 1.27. The van der Waals surface area contributed by atoms with Crippen LogP contribution in [0.25, 0.3) is 11.0 Å². The Bertz CT molecular complexity index is 619. The van der Waals surface area contributed by atoms with E-state index in [0.717, 1.165) is 0 Å². The average Bonchev–Trinajstić information content (AvgIpc) is 2.51. The number of fused-ring (bicyclic) bond motifs is 1. The Labute approximate surface area is 89.9 Å². The van der Waals surface area contributed by atoms with Crippen LogP contribution < -0.4 is 5.56 Å². The largest absolute Gasteiger partial charge is 0.325 e. The molecule has 2 aromatic rings. The molecule has 2 rings (SSSR count). The highest BCUT2D eigenvalue weighted by atomic mass is 35.5. The molecule has 0 aliphatic heterocycles. The van der Waals surface area contributed by atoms with Crippen molar-refractivity contribution in [1.82, 2.24) is 14.5 Å². The van der Waals surface area contributed by atoms with Crippen molar-refractivity contribution in [3.05, 3.63) is 27.4 Å². The highest BCUT2D eigenvalue weighted by Crippen LogP contribution is 2.25. The Hall–Kier alpha value is -1.80. The summed E-state index contributed by atoms with van der Waals surface area (Å²) in [6, 6.07) is 1.95. The SMILES string of the molecule is CCn1c(Cl)c(C#N)c2nc[nH]c(=O)c21. The Morgan fingerprint density at radius 2 is 2.47 bits per heavy atom. The first kappa shape index (κ1) is 9.74. The first-order valence-corrected chi connectivity index (χ1v) is 4.74. The van der Waals surface area contributed by atoms with Crippen LogP contribution in [0, 0.1) is 11.3 Å². The average molecular weight is 223 g/mol. The van der Waals surface area contributed by atoms with E-state index in [0.29, 0.717) is 17.6 Å². The summed E-state index contributed by atoms with van der Waals surface area (Å²) in [5.74, 6) is 0. The minimum absolute atomic E-state index is 0.250. The molecule has 0 saturated carbocycles. The van der Waals surface area contributed by atoms with Crippen LogP contribution in [0.4, 0.5) is 0 Å². The summed E-state index contributed by atoms with van der Waals surface area (Å²) in [6.07, 6.45) is 1.27. The van der Waals surface area contributed by atoms with Gasteiger partial charge in [-0.2, -0.15) is 5.26 Å². The van der Waals surface area contributed by atoms with Crippen LogP contribution in [0.2, 0.25) is 5.15 Å². The van der Waals surface area contributed by atoms with Gasteiger partial charge in [0.25, 0.3) is 5.56 Å². The van der Waals surface area contributed by atoms with Gasteiger partial charge in [-0.05, 0) is 6.92 Å². The maximum atomic E-state index is 11.6. The maximum Gasteiger partial charge on any atom is 0.275 e. The van der Waals surface area contributed by atoms with E-state index in [9.17, 15) is 4.79 Å². The van der Waals surface area contributed by atoms with Crippen LogP contribution in [0.15, 0.2) is 11.1 Å². The summed E-state index contributed by atoms with van der Waals surface area (Å²) < 4.78 is 1.57. The summed E-state index contributed by atoms with van der Waals surface area (Å²) in [5.41, 5.74) is 0.666. The van der Waals surface area contributed by atoms with Gasteiger partial charge in [0, 0.05) is 6.54 Å². The number of rotatable bonds is 1. The van der Waals surface area contributed by atoms with Crippen LogP contribution in [0.5, 0.6) is 0 Å². The van der Waals surface area contributed by atoms with Crippen molar-refractivity contribution in [2.24, 2.45) is 0 Å². The Morgan fingerprint density at radius 3 is 3.07 bits per heavy atom. The van der Waals surface area contributed by atoms with Gasteiger partial charge in [-0.3, -0.25) is 4.79 Å². The number of aromatic nitrogens is 3. The molecule has 15 heavy (non-hydrogen) atoms. The number of aromatic amines is 1. The van der Waals surface area contributed by atoms with Crippen molar-refractivity contribution in [3.8, 4) is 6.07 Å². The van der Waals surface area contributed by atoms with Crippen LogP contribution in [0.3, 0.4) is 0 Å². The molecular weight excluding hydrogens is 216 g/mol. The van der Waals surface area contributed by atoms with Crippen molar-refractivity contribution >= 4 is 22.6 Å². The zero-order valence-electron chi connectivity index (χ0n) is 7.91. The first-order chi connectivity index (χ1) is 7.20. The third-order valence-electron chi connectivity index (χ3n) is 2.21. The van der Waals surface area contributed by atoms with Gasteiger partial charge in [0.05, 0.1) is 6.33 Å². The molecule has 1 N–H and O–H groups in total. The van der Waals surface area contributed by atoms with Gasteiger partial charge in [0.15, 0.2) is 0 Å². The lowest BCUT2D eigenvalue weighted by atomic mass is 10.3. The zero-order chi connectivity index (χ0) is 11.0. The Kier molecular flexibility index (Phi) is 2.21. The molecule has 0 aliphatic rings. The van der Waals surface area contributed by atoms with Crippen LogP contribution >= 0.6 is 11.6 Å². The van der Waals surface area contributed by atoms with E-state index in [1.807, 2.05) is 13.0 Å².